The Balaban J connectivity index is 1.94. The molecule has 2 aromatic carbocycles. The van der Waals surface area contributed by atoms with Gasteiger partial charge in [-0.05, 0) is 42.7 Å². The van der Waals surface area contributed by atoms with Gasteiger partial charge in [0.1, 0.15) is 5.75 Å². The van der Waals surface area contributed by atoms with Crippen molar-refractivity contribution in [3.05, 3.63) is 54.6 Å². The summed E-state index contributed by atoms with van der Waals surface area (Å²) in [5.41, 5.74) is 0. The third-order valence-electron chi connectivity index (χ3n) is 2.04. The van der Waals surface area contributed by atoms with E-state index in [1.165, 1.54) is 16.9 Å². The Morgan fingerprint density at radius 1 is 0.812 bits per heavy atom. The highest BCUT2D eigenvalue weighted by atomic mass is 32.2. The minimum Gasteiger partial charge on any atom is -0.421 e. The van der Waals surface area contributed by atoms with Crippen LogP contribution in [0.4, 0.5) is 0 Å². The number of rotatable bonds is 4. The molecule has 0 amide bonds. The van der Waals surface area contributed by atoms with E-state index in [0.717, 1.165) is 10.6 Å². The molecule has 0 unspecified atom stereocenters. The van der Waals surface area contributed by atoms with E-state index in [1.54, 1.807) is 11.8 Å². The summed E-state index contributed by atoms with van der Waals surface area (Å²) < 4.78 is 5.58. The second kappa shape index (κ2) is 5.87. The van der Waals surface area contributed by atoms with Crippen LogP contribution in [-0.4, -0.2) is 6.26 Å². The SMILES string of the molecule is CSc1ccc(SOc2ccccc2)cc1. The summed E-state index contributed by atoms with van der Waals surface area (Å²) in [6, 6.07) is 18.1. The van der Waals surface area contributed by atoms with E-state index in [0.29, 0.717) is 0 Å². The van der Waals surface area contributed by atoms with Crippen molar-refractivity contribution in [3.63, 3.8) is 0 Å². The largest absolute Gasteiger partial charge is 0.421 e. The summed E-state index contributed by atoms with van der Waals surface area (Å²) in [6.07, 6.45) is 2.07. The topological polar surface area (TPSA) is 9.23 Å². The van der Waals surface area contributed by atoms with Crippen LogP contribution in [0.3, 0.4) is 0 Å². The number of hydrogen-bond acceptors (Lipinski definition) is 3. The van der Waals surface area contributed by atoms with E-state index in [9.17, 15) is 0 Å². The molecule has 0 saturated carbocycles. The zero-order valence-corrected chi connectivity index (χ0v) is 10.6. The molecule has 2 aromatic rings. The summed E-state index contributed by atoms with van der Waals surface area (Å²) in [4.78, 5) is 2.38. The maximum absolute atomic E-state index is 5.58. The van der Waals surface area contributed by atoms with Crippen LogP contribution in [0.25, 0.3) is 0 Å². The Bertz CT molecular complexity index is 425. The Hall–Kier alpha value is -1.06. The first-order chi connectivity index (χ1) is 7.88. The summed E-state index contributed by atoms with van der Waals surface area (Å²) in [5, 5.41) is 0. The molecule has 3 heteroatoms. The Kier molecular flexibility index (Phi) is 4.19. The van der Waals surface area contributed by atoms with Gasteiger partial charge in [0.15, 0.2) is 0 Å². The average molecular weight is 248 g/mol. The molecular weight excluding hydrogens is 236 g/mol. The maximum Gasteiger partial charge on any atom is 0.137 e. The lowest BCUT2D eigenvalue weighted by atomic mass is 10.3. The summed E-state index contributed by atoms with van der Waals surface area (Å²) in [7, 11) is 0. The molecule has 0 heterocycles. The molecule has 0 saturated heterocycles. The zero-order valence-electron chi connectivity index (χ0n) is 8.92. The van der Waals surface area contributed by atoms with Crippen molar-refractivity contribution in [2.75, 3.05) is 6.26 Å². The van der Waals surface area contributed by atoms with E-state index in [2.05, 4.69) is 30.5 Å². The first-order valence-corrected chi connectivity index (χ1v) is 6.89. The smallest absolute Gasteiger partial charge is 0.137 e. The highest BCUT2D eigenvalue weighted by Gasteiger charge is 1.97. The van der Waals surface area contributed by atoms with Crippen LogP contribution >= 0.6 is 23.8 Å². The zero-order chi connectivity index (χ0) is 11.2. The number of para-hydroxylation sites is 1. The molecular formula is C13H12OS2. The van der Waals surface area contributed by atoms with Gasteiger partial charge in [0.25, 0.3) is 0 Å². The van der Waals surface area contributed by atoms with Gasteiger partial charge >= 0.3 is 0 Å². The molecule has 0 bridgehead atoms. The normalized spacial score (nSPS) is 10.1. The van der Waals surface area contributed by atoms with E-state index in [1.807, 2.05) is 30.3 Å². The molecule has 0 N–H and O–H groups in total. The minimum absolute atomic E-state index is 0.876. The van der Waals surface area contributed by atoms with E-state index in [4.69, 9.17) is 4.18 Å². The fourth-order valence-corrected chi connectivity index (χ4v) is 2.16. The fourth-order valence-electron chi connectivity index (χ4n) is 1.20. The molecule has 16 heavy (non-hydrogen) atoms. The van der Waals surface area contributed by atoms with Crippen molar-refractivity contribution in [1.82, 2.24) is 0 Å². The van der Waals surface area contributed by atoms with Gasteiger partial charge in [-0.1, -0.05) is 18.2 Å². The summed E-state index contributed by atoms with van der Waals surface area (Å²) in [5.74, 6) is 0.876. The van der Waals surface area contributed by atoms with Crippen molar-refractivity contribution in [2.45, 2.75) is 9.79 Å². The Labute approximate surface area is 104 Å². The second-order valence-corrected chi connectivity index (χ2v) is 4.84. The van der Waals surface area contributed by atoms with Crippen molar-refractivity contribution < 1.29 is 4.18 Å². The van der Waals surface area contributed by atoms with Crippen molar-refractivity contribution >= 4 is 23.8 Å². The molecule has 2 rings (SSSR count). The van der Waals surface area contributed by atoms with Crippen LogP contribution in [0.15, 0.2) is 64.4 Å². The van der Waals surface area contributed by atoms with E-state index in [-0.39, 0.29) is 0 Å². The lowest BCUT2D eigenvalue weighted by molar-refractivity contribution is 0.646. The molecule has 0 aliphatic carbocycles. The number of hydrogen-bond donors (Lipinski definition) is 0. The van der Waals surface area contributed by atoms with Gasteiger partial charge in [-0.2, -0.15) is 0 Å². The van der Waals surface area contributed by atoms with Gasteiger partial charge in [0.05, 0.1) is 12.0 Å². The minimum atomic E-state index is 0.876. The molecule has 0 atom stereocenters. The predicted molar refractivity (Wildman–Crippen MR) is 71.2 cm³/mol. The molecule has 82 valence electrons. The molecule has 0 aliphatic heterocycles. The highest BCUT2D eigenvalue weighted by molar-refractivity contribution is 7.98. The first-order valence-electron chi connectivity index (χ1n) is 4.92. The average Bonchev–Trinajstić information content (AvgIpc) is 2.38. The number of thioether (sulfide) groups is 1. The van der Waals surface area contributed by atoms with Gasteiger partial charge in [0, 0.05) is 9.79 Å². The molecule has 0 aromatic heterocycles. The molecule has 0 fully saturated rings. The standard InChI is InChI=1S/C13H12OS2/c1-15-12-7-9-13(10-8-12)16-14-11-5-3-2-4-6-11/h2-10H,1H3. The summed E-state index contributed by atoms with van der Waals surface area (Å²) >= 11 is 3.13. The Morgan fingerprint density at radius 3 is 2.06 bits per heavy atom. The molecule has 0 aliphatic rings. The number of benzene rings is 2. The van der Waals surface area contributed by atoms with Crippen LogP contribution in [0.5, 0.6) is 5.75 Å². The molecule has 0 radical (unpaired) electrons. The van der Waals surface area contributed by atoms with Crippen LogP contribution in [0, 0.1) is 0 Å². The van der Waals surface area contributed by atoms with Crippen molar-refractivity contribution in [1.29, 1.82) is 0 Å². The monoisotopic (exact) mass is 248 g/mol. The Morgan fingerprint density at radius 2 is 1.44 bits per heavy atom. The third-order valence-corrected chi connectivity index (χ3v) is 3.52. The van der Waals surface area contributed by atoms with Crippen LogP contribution in [0.1, 0.15) is 0 Å². The predicted octanol–water partition coefficient (Wildman–Crippen LogP) is 4.49. The van der Waals surface area contributed by atoms with Gasteiger partial charge in [0.2, 0.25) is 0 Å². The first kappa shape index (κ1) is 11.4. The van der Waals surface area contributed by atoms with Crippen molar-refractivity contribution in [3.8, 4) is 5.75 Å². The highest BCUT2D eigenvalue weighted by Crippen LogP contribution is 2.25. The van der Waals surface area contributed by atoms with Gasteiger partial charge in [-0.25, -0.2) is 0 Å². The van der Waals surface area contributed by atoms with E-state index < -0.39 is 0 Å². The van der Waals surface area contributed by atoms with Crippen LogP contribution < -0.4 is 4.18 Å². The van der Waals surface area contributed by atoms with Crippen LogP contribution in [0.2, 0.25) is 0 Å². The molecule has 1 nitrogen and oxygen atoms in total. The van der Waals surface area contributed by atoms with Crippen molar-refractivity contribution in [2.24, 2.45) is 0 Å². The van der Waals surface area contributed by atoms with Gasteiger partial charge in [-0.3, -0.25) is 0 Å². The second-order valence-electron chi connectivity index (χ2n) is 3.16. The van der Waals surface area contributed by atoms with Gasteiger partial charge in [-0.15, -0.1) is 11.8 Å². The quantitative estimate of drug-likeness (QED) is 0.582. The lowest BCUT2D eigenvalue weighted by Gasteiger charge is -2.03. The molecule has 0 spiro atoms. The van der Waals surface area contributed by atoms with Crippen LogP contribution in [-0.2, 0) is 0 Å². The summed E-state index contributed by atoms with van der Waals surface area (Å²) in [6.45, 7) is 0. The van der Waals surface area contributed by atoms with Gasteiger partial charge < -0.3 is 4.18 Å². The van der Waals surface area contributed by atoms with E-state index >= 15 is 0 Å². The lowest BCUT2D eigenvalue weighted by Crippen LogP contribution is -1.81. The fraction of sp³-hybridized carbons (Fsp3) is 0.0769. The maximum atomic E-state index is 5.58. The third kappa shape index (κ3) is 3.22.